The van der Waals surface area contributed by atoms with Crippen molar-refractivity contribution >= 4 is 53.3 Å². The second-order valence-electron chi connectivity index (χ2n) is 12.9. The minimum absolute atomic E-state index is 0.0200. The molecule has 304 valence electrons. The molecule has 19 heteroatoms. The summed E-state index contributed by atoms with van der Waals surface area (Å²) < 4.78 is 103. The average Bonchev–Trinajstić information content (AvgIpc) is 3.63. The van der Waals surface area contributed by atoms with Crippen LogP contribution >= 0.6 is 0 Å². The number of anilines is 2. The van der Waals surface area contributed by atoms with Gasteiger partial charge >= 0.3 is 0 Å². The molecular weight excluding hydrogens is 811 g/mol. The Morgan fingerprint density at radius 2 is 1.50 bits per heavy atom. The number of pyridine rings is 1. The largest absolute Gasteiger partial charge is 0.497 e. The quantitative estimate of drug-likeness (QED) is 0.154. The van der Waals surface area contributed by atoms with E-state index in [9.17, 15) is 34.8 Å². The molecule has 5 aromatic rings. The highest BCUT2D eigenvalue weighted by molar-refractivity contribution is 7.93. The SMILES string of the molecule is COc1ccc(S(=O)(=O)N(CC(=O)NS(=O)(=O)c2cccnc2)c2cccc3c2CCN3C(C(=O)NS(=O)(=O)c2ccc(C)cc2OC)c2cccc(OC)c2)cc1. The van der Waals surface area contributed by atoms with E-state index in [2.05, 4.69) is 9.71 Å². The van der Waals surface area contributed by atoms with Crippen molar-refractivity contribution in [3.05, 3.63) is 126 Å². The minimum Gasteiger partial charge on any atom is -0.497 e. The summed E-state index contributed by atoms with van der Waals surface area (Å²) in [4.78, 5) is 32.5. The Hall–Kier alpha value is -6.18. The Morgan fingerprint density at radius 3 is 2.17 bits per heavy atom. The van der Waals surface area contributed by atoms with E-state index in [-0.39, 0.29) is 39.1 Å². The Kier molecular flexibility index (Phi) is 12.0. The van der Waals surface area contributed by atoms with Crippen molar-refractivity contribution in [2.45, 2.75) is 34.1 Å². The van der Waals surface area contributed by atoms with Gasteiger partial charge in [-0.15, -0.1) is 0 Å². The summed E-state index contributed by atoms with van der Waals surface area (Å²) in [6, 6.07) is 22.2. The van der Waals surface area contributed by atoms with Crippen molar-refractivity contribution in [2.24, 2.45) is 0 Å². The van der Waals surface area contributed by atoms with Crippen molar-refractivity contribution in [1.82, 2.24) is 14.4 Å². The Morgan fingerprint density at radius 1 is 0.776 bits per heavy atom. The number of carbonyl (C=O) groups excluding carboxylic acids is 2. The van der Waals surface area contributed by atoms with Crippen molar-refractivity contribution in [3.63, 3.8) is 0 Å². The van der Waals surface area contributed by atoms with Crippen LogP contribution < -0.4 is 32.9 Å². The zero-order valence-corrected chi connectivity index (χ0v) is 34.1. The predicted octanol–water partition coefficient (Wildman–Crippen LogP) is 3.73. The van der Waals surface area contributed by atoms with Crippen LogP contribution in [0.4, 0.5) is 11.4 Å². The molecular formula is C39H39N5O11S3. The summed E-state index contributed by atoms with van der Waals surface area (Å²) >= 11 is 0. The number of nitrogens with zero attached hydrogens (tertiary/aromatic N) is 3. The smallest absolute Gasteiger partial charge is 0.267 e. The fourth-order valence-corrected chi connectivity index (χ4v) is 10.1. The molecule has 6 rings (SSSR count). The van der Waals surface area contributed by atoms with E-state index < -0.39 is 54.5 Å². The van der Waals surface area contributed by atoms with Gasteiger partial charge in [-0.2, -0.15) is 0 Å². The average molecular weight is 850 g/mol. The van der Waals surface area contributed by atoms with Crippen LogP contribution in [-0.4, -0.2) is 76.5 Å². The lowest BCUT2D eigenvalue weighted by atomic mass is 10.0. The van der Waals surface area contributed by atoms with Gasteiger partial charge in [-0.25, -0.2) is 34.7 Å². The van der Waals surface area contributed by atoms with Gasteiger partial charge in [0, 0.05) is 30.2 Å². The maximum atomic E-state index is 14.5. The van der Waals surface area contributed by atoms with Crippen LogP contribution in [0.5, 0.6) is 17.2 Å². The van der Waals surface area contributed by atoms with Crippen molar-refractivity contribution in [3.8, 4) is 17.2 Å². The number of fused-ring (bicyclic) bond motifs is 1. The zero-order chi connectivity index (χ0) is 41.8. The third-order valence-electron chi connectivity index (χ3n) is 9.25. The summed E-state index contributed by atoms with van der Waals surface area (Å²) in [5.74, 6) is -1.32. The van der Waals surface area contributed by atoms with Crippen molar-refractivity contribution < 1.29 is 49.1 Å². The monoisotopic (exact) mass is 849 g/mol. The number of hydrogen-bond donors (Lipinski definition) is 2. The van der Waals surface area contributed by atoms with Gasteiger partial charge in [0.15, 0.2) is 0 Å². The molecule has 58 heavy (non-hydrogen) atoms. The lowest BCUT2D eigenvalue weighted by molar-refractivity contribution is -0.121. The molecule has 2 heterocycles. The first-order valence-electron chi connectivity index (χ1n) is 17.5. The third kappa shape index (κ3) is 8.55. The van der Waals surface area contributed by atoms with Crippen LogP contribution in [0.15, 0.2) is 124 Å². The van der Waals surface area contributed by atoms with Gasteiger partial charge < -0.3 is 19.1 Å². The lowest BCUT2D eigenvalue weighted by Gasteiger charge is -2.31. The molecule has 1 atom stereocenters. The second kappa shape index (κ2) is 16.7. The number of sulfonamides is 3. The predicted molar refractivity (Wildman–Crippen MR) is 213 cm³/mol. The van der Waals surface area contributed by atoms with Crippen LogP contribution in [0.3, 0.4) is 0 Å². The van der Waals surface area contributed by atoms with E-state index in [0.29, 0.717) is 28.3 Å². The van der Waals surface area contributed by atoms with Gasteiger partial charge in [0.1, 0.15) is 39.6 Å². The van der Waals surface area contributed by atoms with Crippen LogP contribution in [0, 0.1) is 6.92 Å². The Labute approximate surface area is 336 Å². The van der Waals surface area contributed by atoms with Crippen LogP contribution in [0.2, 0.25) is 0 Å². The van der Waals surface area contributed by atoms with Gasteiger partial charge in [0.2, 0.25) is 0 Å². The molecule has 1 unspecified atom stereocenters. The number of amides is 2. The van der Waals surface area contributed by atoms with Gasteiger partial charge in [-0.1, -0.05) is 24.3 Å². The molecule has 1 aromatic heterocycles. The Balaban J connectivity index is 1.43. The maximum absolute atomic E-state index is 14.5. The molecule has 0 saturated carbocycles. The van der Waals surface area contributed by atoms with E-state index >= 15 is 0 Å². The van der Waals surface area contributed by atoms with Crippen molar-refractivity contribution in [2.75, 3.05) is 43.6 Å². The van der Waals surface area contributed by atoms with E-state index in [1.807, 2.05) is 4.72 Å². The fraction of sp³-hybridized carbons (Fsp3) is 0.205. The summed E-state index contributed by atoms with van der Waals surface area (Å²) in [5.41, 5.74) is 1.84. The van der Waals surface area contributed by atoms with Crippen LogP contribution in [0.1, 0.15) is 22.7 Å². The number of rotatable bonds is 15. The highest BCUT2D eigenvalue weighted by Gasteiger charge is 2.39. The van der Waals surface area contributed by atoms with Gasteiger partial charge in [-0.3, -0.25) is 18.9 Å². The number of aryl methyl sites for hydroxylation is 1. The summed E-state index contributed by atoms with van der Waals surface area (Å²) in [6.45, 7) is 0.879. The summed E-state index contributed by atoms with van der Waals surface area (Å²) in [5, 5.41) is 0. The summed E-state index contributed by atoms with van der Waals surface area (Å²) in [6.07, 6.45) is 2.52. The first-order valence-corrected chi connectivity index (χ1v) is 21.9. The number of hydrogen-bond acceptors (Lipinski definition) is 13. The summed E-state index contributed by atoms with van der Waals surface area (Å²) in [7, 11) is -9.37. The number of methoxy groups -OCH3 is 3. The minimum atomic E-state index is -4.59. The van der Waals surface area contributed by atoms with Gasteiger partial charge in [0.25, 0.3) is 41.9 Å². The molecule has 16 nitrogen and oxygen atoms in total. The molecule has 0 spiro atoms. The molecule has 0 radical (unpaired) electrons. The van der Waals surface area contributed by atoms with Crippen LogP contribution in [-0.2, 0) is 46.1 Å². The highest BCUT2D eigenvalue weighted by atomic mass is 32.2. The number of aromatic nitrogens is 1. The first-order chi connectivity index (χ1) is 27.6. The maximum Gasteiger partial charge on any atom is 0.267 e. The number of nitrogens with one attached hydrogen (secondary N) is 2. The number of ether oxygens (including phenoxy) is 3. The lowest BCUT2D eigenvalue weighted by Crippen LogP contribution is -2.43. The number of carbonyl (C=O) groups is 2. The molecule has 0 fully saturated rings. The molecule has 2 N–H and O–H groups in total. The van der Waals surface area contributed by atoms with E-state index in [0.717, 1.165) is 16.1 Å². The fourth-order valence-electron chi connectivity index (χ4n) is 6.52. The molecule has 4 aromatic carbocycles. The van der Waals surface area contributed by atoms with E-state index in [4.69, 9.17) is 14.2 Å². The number of benzene rings is 4. The second-order valence-corrected chi connectivity index (χ2v) is 18.1. The Bertz CT molecular complexity index is 2680. The van der Waals surface area contributed by atoms with E-state index in [1.54, 1.807) is 48.2 Å². The first kappa shape index (κ1) is 41.5. The molecule has 0 saturated heterocycles. The van der Waals surface area contributed by atoms with Crippen LogP contribution in [0.25, 0.3) is 0 Å². The standard InChI is InChI=1S/C39H39N5O11S3/c1-26-13-18-36(35(22-26)55-4)57(49,50)42-39(46)38(27-8-5-9-29(23-27)54-3)43-21-19-32-33(43)11-6-12-34(32)44(58(51,52)30-16-14-28(53-2)15-17-30)25-37(45)41-56(47,48)31-10-7-20-40-24-31/h5-18,20,22-24,38H,19,21,25H2,1-4H3,(H,41,45)(H,42,46). The van der Waals surface area contributed by atoms with Crippen molar-refractivity contribution in [1.29, 1.82) is 0 Å². The van der Waals surface area contributed by atoms with Gasteiger partial charge in [-0.05, 0) is 97.3 Å². The highest BCUT2D eigenvalue weighted by Crippen LogP contribution is 2.42. The zero-order valence-electron chi connectivity index (χ0n) is 31.6. The normalized spacial score (nSPS) is 13.2. The molecule has 0 aliphatic carbocycles. The van der Waals surface area contributed by atoms with Gasteiger partial charge in [0.05, 0.1) is 31.9 Å². The molecule has 2 amide bonds. The molecule has 0 bridgehead atoms. The van der Waals surface area contributed by atoms with E-state index in [1.165, 1.54) is 88.2 Å². The molecule has 1 aliphatic heterocycles. The molecule has 1 aliphatic rings. The topological polar surface area (TPSA) is 208 Å². The third-order valence-corrected chi connectivity index (χ3v) is 13.8.